The summed E-state index contributed by atoms with van der Waals surface area (Å²) in [6.07, 6.45) is 12.2. The Morgan fingerprint density at radius 1 is 0.788 bits per heavy atom. The Morgan fingerprint density at radius 3 is 1.58 bits per heavy atom. The molecule has 0 spiro atoms. The van der Waals surface area contributed by atoms with Crippen molar-refractivity contribution >= 4 is 5.97 Å². The fourth-order valence-corrected chi connectivity index (χ4v) is 2.97. The molecule has 0 fully saturated rings. The number of aromatic hydroxyl groups is 1. The zero-order chi connectivity index (χ0) is 24.8. The molecule has 1 rings (SSSR count). The monoisotopic (exact) mass is 456 g/mol. The summed E-state index contributed by atoms with van der Waals surface area (Å²) >= 11 is 0. The predicted molar refractivity (Wildman–Crippen MR) is 135 cm³/mol. The molecule has 0 saturated carbocycles. The molecule has 0 aliphatic carbocycles. The number of allylic oxidation sites excluding steroid dienone is 6. The number of ether oxygens (including phenoxy) is 3. The fourth-order valence-electron chi connectivity index (χ4n) is 2.97. The summed E-state index contributed by atoms with van der Waals surface area (Å²) in [7, 11) is 1.31. The molecule has 0 aromatic heterocycles. The second-order valence-electron chi connectivity index (χ2n) is 8.68. The number of phenols is 1. The maximum Gasteiger partial charge on any atom is 0.338 e. The lowest BCUT2D eigenvalue weighted by atomic mass is 10.1. The Kier molecular flexibility index (Phi) is 12.8. The van der Waals surface area contributed by atoms with Crippen molar-refractivity contribution in [3.8, 4) is 17.2 Å². The molecule has 0 amide bonds. The van der Waals surface area contributed by atoms with Crippen LogP contribution in [0.3, 0.4) is 0 Å². The number of hydrogen-bond donors (Lipinski definition) is 1. The van der Waals surface area contributed by atoms with Gasteiger partial charge in [0.2, 0.25) is 5.75 Å². The van der Waals surface area contributed by atoms with E-state index >= 15 is 0 Å². The predicted octanol–water partition coefficient (Wildman–Crippen LogP) is 7.32. The van der Waals surface area contributed by atoms with Crippen molar-refractivity contribution in [3.63, 3.8) is 0 Å². The topological polar surface area (TPSA) is 65.0 Å². The van der Waals surface area contributed by atoms with Crippen molar-refractivity contribution in [2.75, 3.05) is 20.3 Å². The summed E-state index contributed by atoms with van der Waals surface area (Å²) in [6, 6.07) is 2.95. The van der Waals surface area contributed by atoms with E-state index in [1.165, 1.54) is 41.5 Å². The van der Waals surface area contributed by atoms with Gasteiger partial charge in [-0.25, -0.2) is 4.79 Å². The molecule has 0 unspecified atom stereocenters. The van der Waals surface area contributed by atoms with E-state index in [-0.39, 0.29) is 36.0 Å². The van der Waals surface area contributed by atoms with E-state index in [1.807, 2.05) is 26.0 Å². The van der Waals surface area contributed by atoms with Gasteiger partial charge in [-0.1, -0.05) is 34.4 Å². The zero-order valence-corrected chi connectivity index (χ0v) is 21.3. The number of phenolic OH excluding ortho intramolecular Hbond substituents is 1. The number of methoxy groups -OCH3 is 1. The van der Waals surface area contributed by atoms with E-state index in [9.17, 15) is 9.90 Å². The molecular weight excluding hydrogens is 416 g/mol. The third-order valence-electron chi connectivity index (χ3n) is 4.98. The van der Waals surface area contributed by atoms with Gasteiger partial charge in [0.05, 0.1) is 12.7 Å². The minimum atomic E-state index is -0.522. The molecule has 1 aromatic rings. The van der Waals surface area contributed by atoms with Crippen LogP contribution < -0.4 is 9.47 Å². The summed E-state index contributed by atoms with van der Waals surface area (Å²) in [5.41, 5.74) is 5.25. The Labute approximate surface area is 199 Å². The van der Waals surface area contributed by atoms with Gasteiger partial charge in [-0.2, -0.15) is 0 Å². The highest BCUT2D eigenvalue weighted by atomic mass is 16.5. The smallest absolute Gasteiger partial charge is 0.338 e. The van der Waals surface area contributed by atoms with Crippen molar-refractivity contribution in [2.45, 2.75) is 67.2 Å². The lowest BCUT2D eigenvalue weighted by Gasteiger charge is -2.13. The Hall–Kier alpha value is -2.95. The number of rotatable bonds is 13. The minimum absolute atomic E-state index is 0.131. The summed E-state index contributed by atoms with van der Waals surface area (Å²) < 4.78 is 16.4. The van der Waals surface area contributed by atoms with Crippen LogP contribution in [0.25, 0.3) is 0 Å². The summed E-state index contributed by atoms with van der Waals surface area (Å²) in [5, 5.41) is 10.6. The Bertz CT molecular complexity index is 832. The molecule has 0 atom stereocenters. The highest BCUT2D eigenvalue weighted by molar-refractivity contribution is 5.91. The highest BCUT2D eigenvalue weighted by Gasteiger charge is 2.17. The van der Waals surface area contributed by atoms with Crippen LogP contribution in [-0.2, 0) is 4.74 Å². The van der Waals surface area contributed by atoms with Crippen LogP contribution in [0.2, 0.25) is 0 Å². The molecule has 0 saturated heterocycles. The van der Waals surface area contributed by atoms with Gasteiger partial charge in [0, 0.05) is 0 Å². The molecule has 0 radical (unpaired) electrons. The van der Waals surface area contributed by atoms with Crippen LogP contribution in [0.5, 0.6) is 17.2 Å². The van der Waals surface area contributed by atoms with Gasteiger partial charge in [0.15, 0.2) is 11.5 Å². The van der Waals surface area contributed by atoms with E-state index in [0.29, 0.717) is 0 Å². The lowest BCUT2D eigenvalue weighted by Crippen LogP contribution is -2.05. The maximum atomic E-state index is 12.1. The van der Waals surface area contributed by atoms with Gasteiger partial charge < -0.3 is 19.3 Å². The van der Waals surface area contributed by atoms with Crippen molar-refractivity contribution < 1.29 is 24.1 Å². The number of carbonyl (C=O) groups is 1. The summed E-state index contributed by atoms with van der Waals surface area (Å²) in [6.45, 7) is 13.0. The molecule has 0 bridgehead atoms. The molecule has 182 valence electrons. The van der Waals surface area contributed by atoms with Gasteiger partial charge in [0.1, 0.15) is 13.2 Å². The van der Waals surface area contributed by atoms with Crippen LogP contribution in [0.15, 0.2) is 58.7 Å². The highest BCUT2D eigenvalue weighted by Crippen LogP contribution is 2.38. The molecule has 5 nitrogen and oxygen atoms in total. The second kappa shape index (κ2) is 15.0. The largest absolute Gasteiger partial charge is 0.502 e. The second-order valence-corrected chi connectivity index (χ2v) is 8.68. The minimum Gasteiger partial charge on any atom is -0.502 e. The van der Waals surface area contributed by atoms with Gasteiger partial charge >= 0.3 is 5.97 Å². The van der Waals surface area contributed by atoms with Gasteiger partial charge in [0.25, 0.3) is 0 Å². The van der Waals surface area contributed by atoms with Gasteiger partial charge in [-0.15, -0.1) is 0 Å². The molecule has 1 aromatic carbocycles. The summed E-state index contributed by atoms with van der Waals surface area (Å²) in [5.74, 6) is -0.281. The standard InChI is InChI=1S/C28H40O5/c1-20(2)10-8-12-22(5)14-16-32-25-18-24(28(30)31-7)19-26(27(25)29)33-17-15-23(6)13-9-11-21(3)4/h10-11,14-15,18-19,29H,8-9,12-13,16-17H2,1-7H3/b22-14+,23-15+. The third kappa shape index (κ3) is 11.5. The fraction of sp³-hybridized carbons (Fsp3) is 0.464. The molecule has 5 heteroatoms. The summed E-state index contributed by atoms with van der Waals surface area (Å²) in [4.78, 5) is 12.1. The molecule has 1 N–H and O–H groups in total. The number of hydrogen-bond acceptors (Lipinski definition) is 5. The Morgan fingerprint density at radius 2 is 1.21 bits per heavy atom. The Balaban J connectivity index is 2.88. The first-order valence-electron chi connectivity index (χ1n) is 11.4. The zero-order valence-electron chi connectivity index (χ0n) is 21.3. The average molecular weight is 457 g/mol. The van der Waals surface area contributed by atoms with Crippen molar-refractivity contribution in [3.05, 3.63) is 64.3 Å². The number of esters is 1. The molecule has 0 aliphatic heterocycles. The van der Waals surface area contributed by atoms with Crippen LogP contribution >= 0.6 is 0 Å². The van der Waals surface area contributed by atoms with Crippen LogP contribution in [-0.4, -0.2) is 31.4 Å². The van der Waals surface area contributed by atoms with E-state index in [1.54, 1.807) is 0 Å². The molecular formula is C28H40O5. The van der Waals surface area contributed by atoms with Crippen molar-refractivity contribution in [2.24, 2.45) is 0 Å². The SMILES string of the molecule is COC(=O)c1cc(OC/C=C(\C)CCC=C(C)C)c(O)c(OC/C=C(\C)CCC=C(C)C)c1. The van der Waals surface area contributed by atoms with Crippen LogP contribution in [0.1, 0.15) is 77.6 Å². The van der Waals surface area contributed by atoms with E-state index < -0.39 is 5.97 Å². The first-order chi connectivity index (χ1) is 15.6. The molecule has 0 aliphatic rings. The van der Waals surface area contributed by atoms with Crippen molar-refractivity contribution in [1.82, 2.24) is 0 Å². The molecule has 33 heavy (non-hydrogen) atoms. The lowest BCUT2D eigenvalue weighted by molar-refractivity contribution is 0.0599. The first-order valence-corrected chi connectivity index (χ1v) is 11.4. The quantitative estimate of drug-likeness (QED) is 0.249. The third-order valence-corrected chi connectivity index (χ3v) is 4.98. The van der Waals surface area contributed by atoms with E-state index in [4.69, 9.17) is 14.2 Å². The van der Waals surface area contributed by atoms with Crippen LogP contribution in [0.4, 0.5) is 0 Å². The van der Waals surface area contributed by atoms with Gasteiger partial charge in [-0.05, 0) is 91.5 Å². The van der Waals surface area contributed by atoms with Gasteiger partial charge in [-0.3, -0.25) is 0 Å². The molecule has 0 heterocycles. The van der Waals surface area contributed by atoms with E-state index in [2.05, 4.69) is 39.8 Å². The average Bonchev–Trinajstić information content (AvgIpc) is 2.74. The number of benzene rings is 1. The first kappa shape index (κ1) is 28.1. The van der Waals surface area contributed by atoms with E-state index in [0.717, 1.165) is 25.7 Å². The maximum absolute atomic E-state index is 12.1. The van der Waals surface area contributed by atoms with Crippen LogP contribution in [0, 0.1) is 0 Å². The number of carbonyl (C=O) groups excluding carboxylic acids is 1. The van der Waals surface area contributed by atoms with Crippen molar-refractivity contribution in [1.29, 1.82) is 0 Å². The normalized spacial score (nSPS) is 11.6.